The molecule has 0 bridgehead atoms. The Balaban J connectivity index is 1.87. The highest BCUT2D eigenvalue weighted by Crippen LogP contribution is 2.38. The monoisotopic (exact) mass is 440 g/mol. The van der Waals surface area contributed by atoms with Crippen molar-refractivity contribution in [2.75, 3.05) is 33.3 Å². The first-order valence-electron chi connectivity index (χ1n) is 11.9. The summed E-state index contributed by atoms with van der Waals surface area (Å²) in [5.41, 5.74) is 2.43. The molecule has 5 heteroatoms. The van der Waals surface area contributed by atoms with Crippen LogP contribution in [0.25, 0.3) is 0 Å². The molecule has 0 unspecified atom stereocenters. The number of benzene rings is 1. The molecule has 1 aromatic carbocycles. The minimum absolute atomic E-state index is 0.00466. The van der Waals surface area contributed by atoms with Gasteiger partial charge in [-0.25, -0.2) is 0 Å². The van der Waals surface area contributed by atoms with E-state index >= 15 is 0 Å². The molecule has 2 atom stereocenters. The number of carbonyl (C=O) groups is 1. The molecule has 1 amide bonds. The fraction of sp³-hybridized carbons (Fsp3) is 0.593. The Morgan fingerprint density at radius 2 is 1.91 bits per heavy atom. The lowest BCUT2D eigenvalue weighted by molar-refractivity contribution is -0.135. The van der Waals surface area contributed by atoms with Crippen LogP contribution in [-0.4, -0.2) is 49.0 Å². The van der Waals surface area contributed by atoms with Gasteiger partial charge >= 0.3 is 0 Å². The number of amides is 1. The van der Waals surface area contributed by atoms with Gasteiger partial charge in [-0.2, -0.15) is 0 Å². The number of hydrogen-bond acceptors (Lipinski definition) is 4. The maximum Gasteiger partial charge on any atom is 0.225 e. The average molecular weight is 441 g/mol. The molecule has 0 radical (unpaired) electrons. The van der Waals surface area contributed by atoms with Gasteiger partial charge in [-0.05, 0) is 48.9 Å². The SMILES string of the molecule is COc1ccccc1[C@H]1CN(Cc2cc(C)c(C)o2)C[C@@H]1CN(CC(C)C)C(=O)C(C)C. The van der Waals surface area contributed by atoms with E-state index in [9.17, 15) is 4.79 Å². The zero-order valence-electron chi connectivity index (χ0n) is 20.9. The van der Waals surface area contributed by atoms with E-state index in [2.05, 4.69) is 48.8 Å². The van der Waals surface area contributed by atoms with Gasteiger partial charge in [0.2, 0.25) is 5.91 Å². The summed E-state index contributed by atoms with van der Waals surface area (Å²) in [7, 11) is 1.74. The van der Waals surface area contributed by atoms with Crippen LogP contribution in [0.2, 0.25) is 0 Å². The van der Waals surface area contributed by atoms with Crippen LogP contribution in [0.5, 0.6) is 5.75 Å². The second-order valence-corrected chi connectivity index (χ2v) is 10.0. The number of methoxy groups -OCH3 is 1. The van der Waals surface area contributed by atoms with Gasteiger partial charge < -0.3 is 14.1 Å². The van der Waals surface area contributed by atoms with Gasteiger partial charge in [0.15, 0.2) is 0 Å². The number of para-hydroxylation sites is 1. The summed E-state index contributed by atoms with van der Waals surface area (Å²) in [5, 5.41) is 0. The molecule has 1 saturated heterocycles. The first-order chi connectivity index (χ1) is 15.2. The van der Waals surface area contributed by atoms with Gasteiger partial charge in [-0.1, -0.05) is 45.9 Å². The van der Waals surface area contributed by atoms with E-state index < -0.39 is 0 Å². The van der Waals surface area contributed by atoms with Gasteiger partial charge in [-0.15, -0.1) is 0 Å². The number of nitrogens with zero attached hydrogens (tertiary/aromatic N) is 2. The first-order valence-corrected chi connectivity index (χ1v) is 11.9. The summed E-state index contributed by atoms with van der Waals surface area (Å²) in [6.07, 6.45) is 0. The number of aryl methyl sites for hydroxylation is 2. The molecule has 2 aromatic rings. The van der Waals surface area contributed by atoms with E-state index in [0.717, 1.165) is 50.0 Å². The topological polar surface area (TPSA) is 45.9 Å². The van der Waals surface area contributed by atoms with Crippen LogP contribution in [-0.2, 0) is 11.3 Å². The molecule has 1 fully saturated rings. The van der Waals surface area contributed by atoms with Crippen molar-refractivity contribution in [3.63, 3.8) is 0 Å². The van der Waals surface area contributed by atoms with Gasteiger partial charge in [0, 0.05) is 38.0 Å². The number of likely N-dealkylation sites (tertiary alicyclic amines) is 1. The predicted octanol–water partition coefficient (Wildman–Crippen LogP) is 5.26. The highest BCUT2D eigenvalue weighted by molar-refractivity contribution is 5.78. The molecule has 2 heterocycles. The van der Waals surface area contributed by atoms with E-state index in [1.165, 1.54) is 11.1 Å². The number of carbonyl (C=O) groups excluding carboxylic acids is 1. The summed E-state index contributed by atoms with van der Waals surface area (Å²) in [6.45, 7) is 16.7. The Kier molecular flexibility index (Phi) is 8.05. The van der Waals surface area contributed by atoms with E-state index in [-0.39, 0.29) is 11.8 Å². The van der Waals surface area contributed by atoms with E-state index in [0.29, 0.717) is 17.8 Å². The summed E-state index contributed by atoms with van der Waals surface area (Å²) in [5.74, 6) is 4.26. The molecular formula is C27H40N2O3. The molecule has 0 aliphatic carbocycles. The molecule has 1 aliphatic rings. The molecule has 3 rings (SSSR count). The average Bonchev–Trinajstić information content (AvgIpc) is 3.28. The first kappa shape index (κ1) is 24.4. The minimum Gasteiger partial charge on any atom is -0.496 e. The van der Waals surface area contributed by atoms with Crippen LogP contribution in [0.4, 0.5) is 0 Å². The Hall–Kier alpha value is -2.27. The molecule has 1 aliphatic heterocycles. The van der Waals surface area contributed by atoms with Crippen molar-refractivity contribution in [3.05, 3.63) is 53.0 Å². The number of rotatable bonds is 9. The Bertz CT molecular complexity index is 883. The maximum absolute atomic E-state index is 13.0. The minimum atomic E-state index is 0.00466. The highest BCUT2D eigenvalue weighted by Gasteiger charge is 2.37. The van der Waals surface area contributed by atoms with Gasteiger partial charge in [0.25, 0.3) is 0 Å². The van der Waals surface area contributed by atoms with Crippen LogP contribution >= 0.6 is 0 Å². The molecule has 5 nitrogen and oxygen atoms in total. The van der Waals surface area contributed by atoms with Crippen molar-refractivity contribution in [3.8, 4) is 5.75 Å². The van der Waals surface area contributed by atoms with Crippen molar-refractivity contribution in [1.29, 1.82) is 0 Å². The lowest BCUT2D eigenvalue weighted by Crippen LogP contribution is -2.41. The molecular weight excluding hydrogens is 400 g/mol. The largest absolute Gasteiger partial charge is 0.496 e. The van der Waals surface area contributed by atoms with Crippen molar-refractivity contribution in [2.24, 2.45) is 17.8 Å². The summed E-state index contributed by atoms with van der Waals surface area (Å²) in [6, 6.07) is 10.5. The lowest BCUT2D eigenvalue weighted by atomic mass is 9.87. The Labute approximate surface area is 193 Å². The lowest BCUT2D eigenvalue weighted by Gasteiger charge is -2.31. The van der Waals surface area contributed by atoms with Crippen molar-refractivity contribution >= 4 is 5.91 Å². The fourth-order valence-electron chi connectivity index (χ4n) is 4.89. The van der Waals surface area contributed by atoms with E-state index in [4.69, 9.17) is 9.15 Å². The second kappa shape index (κ2) is 10.6. The van der Waals surface area contributed by atoms with Crippen molar-refractivity contribution in [1.82, 2.24) is 9.80 Å². The molecule has 0 spiro atoms. The van der Waals surface area contributed by atoms with Crippen molar-refractivity contribution in [2.45, 2.75) is 54.0 Å². The molecule has 32 heavy (non-hydrogen) atoms. The number of hydrogen-bond donors (Lipinski definition) is 0. The van der Waals surface area contributed by atoms with E-state index in [1.807, 2.05) is 32.9 Å². The van der Waals surface area contributed by atoms with Crippen molar-refractivity contribution < 1.29 is 13.9 Å². The van der Waals surface area contributed by atoms with Gasteiger partial charge in [0.05, 0.1) is 13.7 Å². The maximum atomic E-state index is 13.0. The summed E-state index contributed by atoms with van der Waals surface area (Å²) < 4.78 is 11.7. The highest BCUT2D eigenvalue weighted by atomic mass is 16.5. The standard InChI is InChI=1S/C27H40N2O3/c1-18(2)13-29(27(30)19(3)4)15-22-14-28(16-23-12-20(5)21(6)32-23)17-25(22)24-10-8-9-11-26(24)31-7/h8-12,18-19,22,25H,13-17H2,1-7H3/t22-,25+/m1/s1. The third-order valence-corrected chi connectivity index (χ3v) is 6.50. The predicted molar refractivity (Wildman–Crippen MR) is 129 cm³/mol. The second-order valence-electron chi connectivity index (χ2n) is 10.0. The zero-order valence-corrected chi connectivity index (χ0v) is 20.9. The zero-order chi connectivity index (χ0) is 23.4. The molecule has 1 aromatic heterocycles. The van der Waals surface area contributed by atoms with Gasteiger partial charge in [0.1, 0.15) is 17.3 Å². The van der Waals surface area contributed by atoms with Gasteiger partial charge in [-0.3, -0.25) is 9.69 Å². The molecule has 0 N–H and O–H groups in total. The Morgan fingerprint density at radius 1 is 1.19 bits per heavy atom. The van der Waals surface area contributed by atoms with Crippen LogP contribution < -0.4 is 4.74 Å². The fourth-order valence-corrected chi connectivity index (χ4v) is 4.89. The summed E-state index contributed by atoms with van der Waals surface area (Å²) in [4.78, 5) is 17.6. The summed E-state index contributed by atoms with van der Waals surface area (Å²) >= 11 is 0. The molecule has 0 saturated carbocycles. The Morgan fingerprint density at radius 3 is 2.50 bits per heavy atom. The third kappa shape index (κ3) is 5.74. The van der Waals surface area contributed by atoms with Crippen LogP contribution in [0.3, 0.4) is 0 Å². The van der Waals surface area contributed by atoms with Crippen LogP contribution in [0.15, 0.2) is 34.7 Å². The normalized spacial score (nSPS) is 19.2. The smallest absolute Gasteiger partial charge is 0.225 e. The van der Waals surface area contributed by atoms with Crippen LogP contribution in [0, 0.1) is 31.6 Å². The quantitative estimate of drug-likeness (QED) is 0.533. The number of furan rings is 1. The number of ether oxygens (including phenoxy) is 1. The van der Waals surface area contributed by atoms with Crippen LogP contribution in [0.1, 0.15) is 56.3 Å². The molecule has 176 valence electrons. The van der Waals surface area contributed by atoms with E-state index in [1.54, 1.807) is 7.11 Å². The third-order valence-electron chi connectivity index (χ3n) is 6.50.